The molecular weight excluding hydrogens is 266 g/mol. The molecule has 21 heavy (non-hydrogen) atoms. The maximum absolute atomic E-state index is 5.48. The van der Waals surface area contributed by atoms with Crippen LogP contribution in [0.4, 0.5) is 0 Å². The molecule has 0 spiro atoms. The minimum absolute atomic E-state index is 0.103. The summed E-state index contributed by atoms with van der Waals surface area (Å²) >= 11 is 0. The summed E-state index contributed by atoms with van der Waals surface area (Å²) in [5.41, 5.74) is 3.66. The molecule has 122 valence electrons. The lowest BCUT2D eigenvalue weighted by atomic mass is 10.1. The molecule has 0 radical (unpaired) electrons. The molecule has 1 heterocycles. The summed E-state index contributed by atoms with van der Waals surface area (Å²) in [6.45, 7) is 12.0. The standard InChI is InChI=1S/C16H31N3O2/c1-13-15(7-9-17-10-12-20-5)14(2)19(18-13)11-8-16(3,4)21-6/h17H,7-12H2,1-6H3. The molecule has 0 amide bonds. The van der Waals surface area contributed by atoms with Crippen LogP contribution in [0.25, 0.3) is 0 Å². The zero-order valence-electron chi connectivity index (χ0n) is 14.5. The molecule has 0 aliphatic carbocycles. The highest BCUT2D eigenvalue weighted by Crippen LogP contribution is 2.18. The lowest BCUT2D eigenvalue weighted by Crippen LogP contribution is -2.25. The average molecular weight is 297 g/mol. The zero-order chi connectivity index (χ0) is 15.9. The van der Waals surface area contributed by atoms with E-state index in [0.717, 1.165) is 44.8 Å². The lowest BCUT2D eigenvalue weighted by Gasteiger charge is -2.22. The summed E-state index contributed by atoms with van der Waals surface area (Å²) in [4.78, 5) is 0. The Labute approximate surface area is 129 Å². The third-order valence-corrected chi connectivity index (χ3v) is 4.04. The Morgan fingerprint density at radius 2 is 1.90 bits per heavy atom. The van der Waals surface area contributed by atoms with Crippen LogP contribution in [0.1, 0.15) is 37.2 Å². The maximum Gasteiger partial charge on any atom is 0.0640 e. The van der Waals surface area contributed by atoms with Crippen LogP contribution in [0.5, 0.6) is 0 Å². The molecule has 0 atom stereocenters. The van der Waals surface area contributed by atoms with Crippen LogP contribution in [0, 0.1) is 13.8 Å². The molecule has 0 saturated heterocycles. The van der Waals surface area contributed by atoms with Crippen molar-refractivity contribution in [3.8, 4) is 0 Å². The fourth-order valence-corrected chi connectivity index (χ4v) is 2.30. The predicted octanol–water partition coefficient (Wildman–Crippen LogP) is 2.09. The topological polar surface area (TPSA) is 48.3 Å². The highest BCUT2D eigenvalue weighted by atomic mass is 16.5. The first-order chi connectivity index (χ1) is 9.91. The molecule has 1 N–H and O–H groups in total. The van der Waals surface area contributed by atoms with Crippen molar-refractivity contribution in [1.82, 2.24) is 15.1 Å². The zero-order valence-corrected chi connectivity index (χ0v) is 14.5. The Balaban J connectivity index is 2.55. The van der Waals surface area contributed by atoms with Crippen molar-refractivity contribution in [2.24, 2.45) is 0 Å². The molecule has 5 nitrogen and oxygen atoms in total. The normalized spacial score (nSPS) is 12.1. The van der Waals surface area contributed by atoms with E-state index in [1.54, 1.807) is 14.2 Å². The number of hydrogen-bond acceptors (Lipinski definition) is 4. The van der Waals surface area contributed by atoms with Gasteiger partial charge in [-0.3, -0.25) is 4.68 Å². The number of nitrogens with zero attached hydrogens (tertiary/aromatic N) is 2. The van der Waals surface area contributed by atoms with Crippen LogP contribution >= 0.6 is 0 Å². The molecule has 0 aromatic carbocycles. The smallest absolute Gasteiger partial charge is 0.0640 e. The monoisotopic (exact) mass is 297 g/mol. The Morgan fingerprint density at radius 1 is 1.19 bits per heavy atom. The van der Waals surface area contributed by atoms with Gasteiger partial charge in [0.2, 0.25) is 0 Å². The molecule has 5 heteroatoms. The number of ether oxygens (including phenoxy) is 2. The summed E-state index contributed by atoms with van der Waals surface area (Å²) in [6.07, 6.45) is 1.96. The first kappa shape index (κ1) is 18.1. The summed E-state index contributed by atoms with van der Waals surface area (Å²) in [6, 6.07) is 0. The van der Waals surface area contributed by atoms with E-state index >= 15 is 0 Å². The van der Waals surface area contributed by atoms with Crippen LogP contribution in [-0.2, 0) is 22.4 Å². The number of aryl methyl sites for hydroxylation is 2. The van der Waals surface area contributed by atoms with Crippen LogP contribution in [-0.4, -0.2) is 49.3 Å². The third kappa shape index (κ3) is 5.77. The fraction of sp³-hybridized carbons (Fsp3) is 0.812. The SMILES string of the molecule is COCCNCCc1c(C)nn(CCC(C)(C)OC)c1C. The van der Waals surface area contributed by atoms with Gasteiger partial charge in [-0.1, -0.05) is 0 Å². The summed E-state index contributed by atoms with van der Waals surface area (Å²) < 4.78 is 12.6. The quantitative estimate of drug-likeness (QED) is 0.672. The van der Waals surface area contributed by atoms with Crippen molar-refractivity contribution in [2.45, 2.75) is 52.7 Å². The summed E-state index contributed by atoms with van der Waals surface area (Å²) in [5, 5.41) is 8.05. The van der Waals surface area contributed by atoms with E-state index in [4.69, 9.17) is 9.47 Å². The lowest BCUT2D eigenvalue weighted by molar-refractivity contribution is 0.0112. The summed E-state index contributed by atoms with van der Waals surface area (Å²) in [7, 11) is 3.49. The molecule has 0 unspecified atom stereocenters. The number of nitrogens with one attached hydrogen (secondary N) is 1. The molecule has 1 rings (SSSR count). The Bertz CT molecular complexity index is 427. The second-order valence-corrected chi connectivity index (χ2v) is 6.08. The summed E-state index contributed by atoms with van der Waals surface area (Å²) in [5.74, 6) is 0. The minimum atomic E-state index is -0.103. The molecule has 0 fully saturated rings. The van der Waals surface area contributed by atoms with E-state index in [2.05, 4.69) is 42.8 Å². The van der Waals surface area contributed by atoms with Crippen LogP contribution in [0.2, 0.25) is 0 Å². The van der Waals surface area contributed by atoms with E-state index in [0.29, 0.717) is 0 Å². The van der Waals surface area contributed by atoms with Gasteiger partial charge in [-0.2, -0.15) is 5.10 Å². The van der Waals surface area contributed by atoms with Gasteiger partial charge in [0, 0.05) is 33.0 Å². The van der Waals surface area contributed by atoms with Crippen molar-refractivity contribution in [3.63, 3.8) is 0 Å². The van der Waals surface area contributed by atoms with Gasteiger partial charge in [-0.15, -0.1) is 0 Å². The second-order valence-electron chi connectivity index (χ2n) is 6.08. The number of rotatable bonds is 10. The van der Waals surface area contributed by atoms with Crippen molar-refractivity contribution in [1.29, 1.82) is 0 Å². The van der Waals surface area contributed by atoms with Gasteiger partial charge >= 0.3 is 0 Å². The molecule has 0 saturated carbocycles. The molecule has 0 aliphatic rings. The Hall–Kier alpha value is -0.910. The van der Waals surface area contributed by atoms with Crippen molar-refractivity contribution in [2.75, 3.05) is 33.9 Å². The molecule has 0 bridgehead atoms. The maximum atomic E-state index is 5.48. The molecule has 1 aromatic rings. The Kier molecular flexibility index (Phi) is 7.35. The second kappa shape index (κ2) is 8.51. The first-order valence-electron chi connectivity index (χ1n) is 7.69. The number of methoxy groups -OCH3 is 2. The Morgan fingerprint density at radius 3 is 2.52 bits per heavy atom. The molecule has 0 aliphatic heterocycles. The van der Waals surface area contributed by atoms with Gasteiger partial charge < -0.3 is 14.8 Å². The minimum Gasteiger partial charge on any atom is -0.383 e. The molecular formula is C16H31N3O2. The van der Waals surface area contributed by atoms with Gasteiger partial charge in [0.25, 0.3) is 0 Å². The van der Waals surface area contributed by atoms with E-state index < -0.39 is 0 Å². The fourth-order valence-electron chi connectivity index (χ4n) is 2.30. The van der Waals surface area contributed by atoms with Crippen LogP contribution in [0.15, 0.2) is 0 Å². The number of aromatic nitrogens is 2. The van der Waals surface area contributed by atoms with E-state index in [1.165, 1.54) is 11.3 Å². The molecule has 1 aromatic heterocycles. The third-order valence-electron chi connectivity index (χ3n) is 4.04. The highest BCUT2D eigenvalue weighted by molar-refractivity contribution is 5.24. The first-order valence-corrected chi connectivity index (χ1v) is 7.69. The average Bonchev–Trinajstić information content (AvgIpc) is 2.72. The van der Waals surface area contributed by atoms with Gasteiger partial charge in [-0.05, 0) is 52.6 Å². The largest absolute Gasteiger partial charge is 0.383 e. The van der Waals surface area contributed by atoms with Gasteiger partial charge in [0.05, 0.1) is 17.9 Å². The van der Waals surface area contributed by atoms with Crippen molar-refractivity contribution >= 4 is 0 Å². The van der Waals surface area contributed by atoms with Crippen molar-refractivity contribution in [3.05, 3.63) is 17.0 Å². The predicted molar refractivity (Wildman–Crippen MR) is 85.9 cm³/mol. The number of hydrogen-bond donors (Lipinski definition) is 1. The van der Waals surface area contributed by atoms with Crippen molar-refractivity contribution < 1.29 is 9.47 Å². The van der Waals surface area contributed by atoms with E-state index in [9.17, 15) is 0 Å². The van der Waals surface area contributed by atoms with Gasteiger partial charge in [0.1, 0.15) is 0 Å². The van der Waals surface area contributed by atoms with Crippen LogP contribution < -0.4 is 5.32 Å². The van der Waals surface area contributed by atoms with E-state index in [1.807, 2.05) is 0 Å². The van der Waals surface area contributed by atoms with Crippen LogP contribution in [0.3, 0.4) is 0 Å². The van der Waals surface area contributed by atoms with Gasteiger partial charge in [-0.25, -0.2) is 0 Å². The highest BCUT2D eigenvalue weighted by Gasteiger charge is 2.18. The van der Waals surface area contributed by atoms with Gasteiger partial charge in [0.15, 0.2) is 0 Å². The van der Waals surface area contributed by atoms with E-state index in [-0.39, 0.29) is 5.60 Å².